The molecule has 0 radical (unpaired) electrons. The number of carbonyl (C=O) groups excluding carboxylic acids is 2. The average Bonchev–Trinajstić information content (AvgIpc) is 2.55. The van der Waals surface area contributed by atoms with Crippen molar-refractivity contribution < 1.29 is 9.59 Å². The Kier molecular flexibility index (Phi) is 6.16. The van der Waals surface area contributed by atoms with Crippen LogP contribution in [0.25, 0.3) is 0 Å². The monoisotopic (exact) mass is 343 g/mol. The van der Waals surface area contributed by atoms with Crippen LogP contribution >= 0.6 is 11.6 Å². The Morgan fingerprint density at radius 1 is 1.04 bits per heavy atom. The molecule has 0 aliphatic rings. The maximum absolute atomic E-state index is 12.2. The van der Waals surface area contributed by atoms with Gasteiger partial charge in [0, 0.05) is 29.1 Å². The van der Waals surface area contributed by atoms with Gasteiger partial charge in [0.1, 0.15) is 0 Å². The Labute approximate surface area is 148 Å². The van der Waals surface area contributed by atoms with Gasteiger partial charge in [0.15, 0.2) is 5.78 Å². The molecule has 4 heteroatoms. The van der Waals surface area contributed by atoms with Gasteiger partial charge in [-0.3, -0.25) is 9.59 Å². The van der Waals surface area contributed by atoms with Gasteiger partial charge in [0.25, 0.3) is 0 Å². The molecule has 1 amide bonds. The average molecular weight is 344 g/mol. The van der Waals surface area contributed by atoms with Gasteiger partial charge in [0.05, 0.1) is 0 Å². The van der Waals surface area contributed by atoms with E-state index in [4.69, 9.17) is 11.6 Å². The number of anilines is 1. The van der Waals surface area contributed by atoms with Crippen molar-refractivity contribution in [3.63, 3.8) is 0 Å². The fraction of sp³-hybridized carbons (Fsp3) is 0.300. The summed E-state index contributed by atoms with van der Waals surface area (Å²) in [6.07, 6.45) is 0.337. The molecule has 0 aromatic heterocycles. The summed E-state index contributed by atoms with van der Waals surface area (Å²) in [5, 5.41) is 3.55. The third-order valence-electron chi connectivity index (χ3n) is 3.94. The van der Waals surface area contributed by atoms with Gasteiger partial charge in [0.2, 0.25) is 5.91 Å². The Morgan fingerprint density at radius 2 is 1.71 bits per heavy atom. The molecular formula is C20H22ClNO2. The van der Waals surface area contributed by atoms with Crippen LogP contribution in [0.5, 0.6) is 0 Å². The number of hydrogen-bond donors (Lipinski definition) is 1. The van der Waals surface area contributed by atoms with Crippen LogP contribution in [-0.4, -0.2) is 11.7 Å². The highest BCUT2D eigenvalue weighted by Gasteiger charge is 2.14. The third-order valence-corrected chi connectivity index (χ3v) is 4.19. The number of rotatable bonds is 6. The van der Waals surface area contributed by atoms with Crippen molar-refractivity contribution in [2.75, 3.05) is 5.32 Å². The number of Topliss-reactive ketones (excluding diaryl/α,β-unsaturated/α-hetero) is 1. The summed E-state index contributed by atoms with van der Waals surface area (Å²) in [6.45, 7) is 6.16. The highest BCUT2D eigenvalue weighted by molar-refractivity contribution is 6.30. The van der Waals surface area contributed by atoms with Crippen molar-refractivity contribution in [3.05, 3.63) is 64.2 Å². The standard InChI is InChI=1S/C20H22ClNO2/c1-13(2)17-6-4-5-14(3)20(17)22-19(24)12-11-18(23)15-7-9-16(21)10-8-15/h4-10,13H,11-12H2,1-3H3,(H,22,24). The quantitative estimate of drug-likeness (QED) is 0.716. The van der Waals surface area contributed by atoms with E-state index in [9.17, 15) is 9.59 Å². The number of amides is 1. The molecule has 0 saturated carbocycles. The number of benzene rings is 2. The van der Waals surface area contributed by atoms with E-state index < -0.39 is 0 Å². The van der Waals surface area contributed by atoms with E-state index in [1.54, 1.807) is 24.3 Å². The second-order valence-corrected chi connectivity index (χ2v) is 6.61. The van der Waals surface area contributed by atoms with E-state index in [-0.39, 0.29) is 24.5 Å². The minimum absolute atomic E-state index is 0.0596. The summed E-state index contributed by atoms with van der Waals surface area (Å²) in [6, 6.07) is 12.7. The van der Waals surface area contributed by atoms with Crippen LogP contribution in [0.15, 0.2) is 42.5 Å². The summed E-state index contributed by atoms with van der Waals surface area (Å²) < 4.78 is 0. The van der Waals surface area contributed by atoms with E-state index in [1.807, 2.05) is 25.1 Å². The van der Waals surface area contributed by atoms with Gasteiger partial charge >= 0.3 is 0 Å². The van der Waals surface area contributed by atoms with Gasteiger partial charge in [-0.2, -0.15) is 0 Å². The number of carbonyl (C=O) groups is 2. The van der Waals surface area contributed by atoms with Crippen molar-refractivity contribution in [2.45, 2.75) is 39.5 Å². The number of ketones is 1. The fourth-order valence-corrected chi connectivity index (χ4v) is 2.68. The highest BCUT2D eigenvalue weighted by atomic mass is 35.5. The summed E-state index contributed by atoms with van der Waals surface area (Å²) in [7, 11) is 0. The van der Waals surface area contributed by atoms with Gasteiger partial charge in [-0.25, -0.2) is 0 Å². The zero-order chi connectivity index (χ0) is 17.7. The van der Waals surface area contributed by atoms with Crippen LogP contribution in [-0.2, 0) is 4.79 Å². The van der Waals surface area contributed by atoms with Crippen LogP contribution < -0.4 is 5.32 Å². The van der Waals surface area contributed by atoms with E-state index in [1.165, 1.54) is 0 Å². The van der Waals surface area contributed by atoms with E-state index >= 15 is 0 Å². The van der Waals surface area contributed by atoms with Crippen LogP contribution in [0, 0.1) is 6.92 Å². The Balaban J connectivity index is 1.99. The smallest absolute Gasteiger partial charge is 0.224 e. The molecule has 0 saturated heterocycles. The minimum Gasteiger partial charge on any atom is -0.326 e. The van der Waals surface area contributed by atoms with Crippen molar-refractivity contribution in [3.8, 4) is 0 Å². The molecule has 0 fully saturated rings. The number of para-hydroxylation sites is 1. The lowest BCUT2D eigenvalue weighted by Gasteiger charge is -2.16. The van der Waals surface area contributed by atoms with Crippen molar-refractivity contribution in [1.82, 2.24) is 0 Å². The van der Waals surface area contributed by atoms with Crippen LogP contribution in [0.4, 0.5) is 5.69 Å². The summed E-state index contributed by atoms with van der Waals surface area (Å²) >= 11 is 5.81. The predicted octanol–water partition coefficient (Wildman–Crippen LogP) is 5.37. The molecule has 0 atom stereocenters. The van der Waals surface area contributed by atoms with E-state index in [2.05, 4.69) is 19.2 Å². The lowest BCUT2D eigenvalue weighted by molar-refractivity contribution is -0.116. The first kappa shape index (κ1) is 18.2. The number of hydrogen-bond acceptors (Lipinski definition) is 2. The first-order chi connectivity index (χ1) is 11.4. The van der Waals surface area contributed by atoms with E-state index in [0.29, 0.717) is 16.5 Å². The lowest BCUT2D eigenvalue weighted by Crippen LogP contribution is -2.16. The van der Waals surface area contributed by atoms with Crippen LogP contribution in [0.2, 0.25) is 5.02 Å². The highest BCUT2D eigenvalue weighted by Crippen LogP contribution is 2.27. The minimum atomic E-state index is -0.145. The molecule has 0 unspecified atom stereocenters. The molecule has 0 bridgehead atoms. The molecule has 126 valence electrons. The summed E-state index contributed by atoms with van der Waals surface area (Å²) in [4.78, 5) is 24.4. The lowest BCUT2D eigenvalue weighted by atomic mass is 9.98. The second kappa shape index (κ2) is 8.11. The molecule has 24 heavy (non-hydrogen) atoms. The molecule has 1 N–H and O–H groups in total. The molecule has 0 heterocycles. The fourth-order valence-electron chi connectivity index (χ4n) is 2.55. The largest absolute Gasteiger partial charge is 0.326 e. The molecule has 0 aliphatic heterocycles. The molecule has 2 aromatic rings. The first-order valence-electron chi connectivity index (χ1n) is 8.06. The van der Waals surface area contributed by atoms with Crippen LogP contribution in [0.3, 0.4) is 0 Å². The molecule has 3 nitrogen and oxygen atoms in total. The Bertz CT molecular complexity index is 736. The molecule has 2 rings (SSSR count). The summed E-state index contributed by atoms with van der Waals surface area (Å²) in [5.74, 6) is 0.111. The molecular weight excluding hydrogens is 322 g/mol. The number of halogens is 1. The zero-order valence-corrected chi connectivity index (χ0v) is 15.0. The second-order valence-electron chi connectivity index (χ2n) is 6.17. The maximum Gasteiger partial charge on any atom is 0.224 e. The van der Waals surface area contributed by atoms with Crippen molar-refractivity contribution in [1.29, 1.82) is 0 Å². The Hall–Kier alpha value is -2.13. The van der Waals surface area contributed by atoms with Gasteiger partial charge < -0.3 is 5.32 Å². The first-order valence-corrected chi connectivity index (χ1v) is 8.44. The van der Waals surface area contributed by atoms with Gasteiger partial charge in [-0.05, 0) is 48.2 Å². The predicted molar refractivity (Wildman–Crippen MR) is 98.9 cm³/mol. The molecule has 2 aromatic carbocycles. The topological polar surface area (TPSA) is 46.2 Å². The normalized spacial score (nSPS) is 10.7. The van der Waals surface area contributed by atoms with E-state index in [0.717, 1.165) is 16.8 Å². The molecule has 0 aliphatic carbocycles. The van der Waals surface area contributed by atoms with Gasteiger partial charge in [-0.1, -0.05) is 43.6 Å². The van der Waals surface area contributed by atoms with Crippen molar-refractivity contribution in [2.24, 2.45) is 0 Å². The Morgan fingerprint density at radius 3 is 2.33 bits per heavy atom. The zero-order valence-electron chi connectivity index (χ0n) is 14.2. The molecule has 0 spiro atoms. The number of aryl methyl sites for hydroxylation is 1. The van der Waals surface area contributed by atoms with Gasteiger partial charge in [-0.15, -0.1) is 0 Å². The third kappa shape index (κ3) is 4.68. The SMILES string of the molecule is Cc1cccc(C(C)C)c1NC(=O)CCC(=O)c1ccc(Cl)cc1. The maximum atomic E-state index is 12.2. The van der Waals surface area contributed by atoms with Crippen LogP contribution in [0.1, 0.15) is 54.1 Å². The van der Waals surface area contributed by atoms with Crippen molar-refractivity contribution >= 4 is 29.0 Å². The number of nitrogens with one attached hydrogen (secondary N) is 1. The summed E-state index contributed by atoms with van der Waals surface area (Å²) in [5.41, 5.74) is 3.56.